The van der Waals surface area contributed by atoms with E-state index in [2.05, 4.69) is 36.1 Å². The molecule has 1 N–H and O–H groups in total. The Hall–Kier alpha value is -0.120. The second-order valence-corrected chi connectivity index (χ2v) is 5.24. The molecule has 0 aromatic carbocycles. The molecule has 3 nitrogen and oxygen atoms in total. The second-order valence-electron chi connectivity index (χ2n) is 5.24. The Bertz CT molecular complexity index is 165. The van der Waals surface area contributed by atoms with Crippen molar-refractivity contribution in [1.82, 2.24) is 15.1 Å². The largest absolute Gasteiger partial charge is 0.316 e. The van der Waals surface area contributed by atoms with Crippen molar-refractivity contribution < 1.29 is 0 Å². The highest BCUT2D eigenvalue weighted by molar-refractivity contribution is 4.72. The van der Waals surface area contributed by atoms with Crippen molar-refractivity contribution in [3.05, 3.63) is 0 Å². The molecule has 0 bridgehead atoms. The molecule has 0 spiro atoms. The first kappa shape index (κ1) is 13.9. The fourth-order valence-corrected chi connectivity index (χ4v) is 2.36. The van der Waals surface area contributed by atoms with Crippen LogP contribution in [0.2, 0.25) is 0 Å². The first-order valence-electron chi connectivity index (χ1n) is 6.80. The zero-order chi connectivity index (χ0) is 11.8. The number of hydrogen-bond acceptors (Lipinski definition) is 3. The van der Waals surface area contributed by atoms with Gasteiger partial charge in [0.2, 0.25) is 0 Å². The molecule has 0 amide bonds. The predicted octanol–water partition coefficient (Wildman–Crippen LogP) is 1.26. The van der Waals surface area contributed by atoms with Gasteiger partial charge in [0.25, 0.3) is 0 Å². The van der Waals surface area contributed by atoms with Crippen molar-refractivity contribution >= 4 is 0 Å². The first-order valence-corrected chi connectivity index (χ1v) is 6.80. The first-order chi connectivity index (χ1) is 7.72. The maximum absolute atomic E-state index is 3.45. The smallest absolute Gasteiger partial charge is 0.000667 e. The lowest BCUT2D eigenvalue weighted by molar-refractivity contribution is 0.250. The quantitative estimate of drug-likeness (QED) is 0.673. The Balaban J connectivity index is 2.05. The summed E-state index contributed by atoms with van der Waals surface area (Å²) in [5.74, 6) is 0.933. The molecule has 0 aromatic heterocycles. The zero-order valence-electron chi connectivity index (χ0n) is 11.3. The summed E-state index contributed by atoms with van der Waals surface area (Å²) in [5.41, 5.74) is 0. The van der Waals surface area contributed by atoms with Gasteiger partial charge < -0.3 is 15.1 Å². The van der Waals surface area contributed by atoms with Crippen molar-refractivity contribution in [1.29, 1.82) is 0 Å². The fraction of sp³-hybridized carbons (Fsp3) is 1.00. The summed E-state index contributed by atoms with van der Waals surface area (Å²) in [4.78, 5) is 4.87. The monoisotopic (exact) mass is 227 g/mol. The molecule has 1 atom stereocenters. The fourth-order valence-electron chi connectivity index (χ4n) is 2.36. The lowest BCUT2D eigenvalue weighted by Gasteiger charge is -2.22. The second kappa shape index (κ2) is 8.04. The van der Waals surface area contributed by atoms with Gasteiger partial charge >= 0.3 is 0 Å². The van der Waals surface area contributed by atoms with Gasteiger partial charge in [0, 0.05) is 0 Å². The van der Waals surface area contributed by atoms with Crippen LogP contribution in [0.5, 0.6) is 0 Å². The van der Waals surface area contributed by atoms with E-state index >= 15 is 0 Å². The van der Waals surface area contributed by atoms with Crippen LogP contribution < -0.4 is 5.32 Å². The Labute approximate surface area is 101 Å². The molecule has 1 heterocycles. The minimum atomic E-state index is 0.933. The summed E-state index contributed by atoms with van der Waals surface area (Å²) in [7, 11) is 4.31. The molecule has 0 aromatic rings. The van der Waals surface area contributed by atoms with E-state index in [0.717, 1.165) is 5.92 Å². The Morgan fingerprint density at radius 1 is 1.19 bits per heavy atom. The molecule has 1 unspecified atom stereocenters. The molecular formula is C13H29N3. The highest BCUT2D eigenvalue weighted by Crippen LogP contribution is 2.12. The minimum absolute atomic E-state index is 0.933. The van der Waals surface area contributed by atoms with Gasteiger partial charge in [0.1, 0.15) is 0 Å². The van der Waals surface area contributed by atoms with Gasteiger partial charge in [0.05, 0.1) is 0 Å². The van der Waals surface area contributed by atoms with E-state index in [9.17, 15) is 0 Å². The van der Waals surface area contributed by atoms with Gasteiger partial charge in [-0.2, -0.15) is 0 Å². The van der Waals surface area contributed by atoms with Crippen LogP contribution in [-0.4, -0.2) is 63.2 Å². The summed E-state index contributed by atoms with van der Waals surface area (Å²) >= 11 is 0. The number of nitrogens with one attached hydrogen (secondary N) is 1. The third-order valence-corrected chi connectivity index (χ3v) is 3.54. The molecule has 0 saturated carbocycles. The van der Waals surface area contributed by atoms with Crippen LogP contribution in [0, 0.1) is 5.92 Å². The van der Waals surface area contributed by atoms with E-state index < -0.39 is 0 Å². The van der Waals surface area contributed by atoms with Crippen LogP contribution in [0.3, 0.4) is 0 Å². The van der Waals surface area contributed by atoms with Gasteiger partial charge in [-0.3, -0.25) is 0 Å². The number of hydrogen-bond donors (Lipinski definition) is 1. The van der Waals surface area contributed by atoms with Crippen LogP contribution in [0.1, 0.15) is 26.2 Å². The van der Waals surface area contributed by atoms with E-state index in [1.54, 1.807) is 0 Å². The van der Waals surface area contributed by atoms with E-state index in [-0.39, 0.29) is 0 Å². The molecule has 1 saturated heterocycles. The zero-order valence-corrected chi connectivity index (χ0v) is 11.3. The van der Waals surface area contributed by atoms with Crippen molar-refractivity contribution in [2.75, 3.05) is 53.4 Å². The van der Waals surface area contributed by atoms with E-state index in [4.69, 9.17) is 0 Å². The van der Waals surface area contributed by atoms with Crippen molar-refractivity contribution in [3.63, 3.8) is 0 Å². The maximum Gasteiger partial charge on any atom is -0.000667 e. The summed E-state index contributed by atoms with van der Waals surface area (Å²) in [5, 5.41) is 3.45. The van der Waals surface area contributed by atoms with Crippen molar-refractivity contribution in [3.8, 4) is 0 Å². The molecule has 3 heteroatoms. The van der Waals surface area contributed by atoms with Gasteiger partial charge in [-0.05, 0) is 78.5 Å². The van der Waals surface area contributed by atoms with Gasteiger partial charge in [-0.1, -0.05) is 6.92 Å². The van der Waals surface area contributed by atoms with E-state index in [0.29, 0.717) is 0 Å². The van der Waals surface area contributed by atoms with Crippen LogP contribution in [0.4, 0.5) is 0 Å². The average Bonchev–Trinajstić information content (AvgIpc) is 2.75. The highest BCUT2D eigenvalue weighted by atomic mass is 15.1. The third kappa shape index (κ3) is 5.83. The van der Waals surface area contributed by atoms with E-state index in [1.807, 2.05) is 0 Å². The topological polar surface area (TPSA) is 18.5 Å². The molecule has 1 aliphatic rings. The molecule has 96 valence electrons. The highest BCUT2D eigenvalue weighted by Gasteiger charge is 2.15. The molecular weight excluding hydrogens is 198 g/mol. The Morgan fingerprint density at radius 3 is 2.56 bits per heavy atom. The predicted molar refractivity (Wildman–Crippen MR) is 70.9 cm³/mol. The number of rotatable bonds is 8. The minimum Gasteiger partial charge on any atom is -0.316 e. The molecule has 1 aliphatic heterocycles. The summed E-state index contributed by atoms with van der Waals surface area (Å²) in [6.07, 6.45) is 4.06. The molecule has 0 radical (unpaired) electrons. The maximum atomic E-state index is 3.45. The Kier molecular flexibility index (Phi) is 7.01. The lowest BCUT2D eigenvalue weighted by atomic mass is 10.0. The average molecular weight is 227 g/mol. The Morgan fingerprint density at radius 2 is 2.00 bits per heavy atom. The standard InChI is InChI=1S/C13H29N3/c1-4-16(10-5-9-15(2)3)11-7-13-6-8-14-12-13/h13-14H,4-12H2,1-3H3. The SMILES string of the molecule is CCN(CCCN(C)C)CCC1CCNC1. The summed E-state index contributed by atoms with van der Waals surface area (Å²) < 4.78 is 0. The summed E-state index contributed by atoms with van der Waals surface area (Å²) in [6, 6.07) is 0. The number of nitrogens with zero attached hydrogens (tertiary/aromatic N) is 2. The third-order valence-electron chi connectivity index (χ3n) is 3.54. The van der Waals surface area contributed by atoms with Crippen molar-refractivity contribution in [2.45, 2.75) is 26.2 Å². The normalized spacial score (nSPS) is 21.2. The molecule has 0 aliphatic carbocycles. The molecule has 1 fully saturated rings. The van der Waals surface area contributed by atoms with Gasteiger partial charge in [-0.25, -0.2) is 0 Å². The van der Waals surface area contributed by atoms with Crippen LogP contribution in [0.15, 0.2) is 0 Å². The summed E-state index contributed by atoms with van der Waals surface area (Å²) in [6.45, 7) is 9.72. The van der Waals surface area contributed by atoms with Crippen LogP contribution in [0.25, 0.3) is 0 Å². The van der Waals surface area contributed by atoms with Crippen LogP contribution >= 0.6 is 0 Å². The van der Waals surface area contributed by atoms with Gasteiger partial charge in [0.15, 0.2) is 0 Å². The van der Waals surface area contributed by atoms with Gasteiger partial charge in [-0.15, -0.1) is 0 Å². The molecule has 1 rings (SSSR count). The van der Waals surface area contributed by atoms with Crippen LogP contribution in [-0.2, 0) is 0 Å². The molecule has 16 heavy (non-hydrogen) atoms. The lowest BCUT2D eigenvalue weighted by Crippen LogP contribution is -2.29. The van der Waals surface area contributed by atoms with E-state index in [1.165, 1.54) is 58.5 Å². The van der Waals surface area contributed by atoms with Crippen molar-refractivity contribution in [2.24, 2.45) is 5.92 Å².